The van der Waals surface area contributed by atoms with Gasteiger partial charge in [0, 0.05) is 6.54 Å². The van der Waals surface area contributed by atoms with Gasteiger partial charge >= 0.3 is 5.97 Å². The Morgan fingerprint density at radius 2 is 1.85 bits per heavy atom. The van der Waals surface area contributed by atoms with Crippen LogP contribution in [-0.2, 0) is 20.7 Å². The van der Waals surface area contributed by atoms with Gasteiger partial charge in [0.25, 0.3) is 5.91 Å². The highest BCUT2D eigenvalue weighted by atomic mass is 19.1. The highest BCUT2D eigenvalue weighted by Crippen LogP contribution is 2.19. The van der Waals surface area contributed by atoms with E-state index in [0.29, 0.717) is 0 Å². The maximum absolute atomic E-state index is 14.0. The second kappa shape index (κ2) is 9.33. The van der Waals surface area contributed by atoms with Gasteiger partial charge in [0.1, 0.15) is 5.82 Å². The van der Waals surface area contributed by atoms with Crippen LogP contribution in [0.5, 0.6) is 0 Å². The smallest absolute Gasteiger partial charge is 0.310 e. The summed E-state index contributed by atoms with van der Waals surface area (Å²) in [6.45, 7) is 1.39. The van der Waals surface area contributed by atoms with Crippen LogP contribution < -0.4 is 4.90 Å². The number of nitriles is 1. The van der Waals surface area contributed by atoms with Crippen LogP contribution in [-0.4, -0.2) is 25.0 Å². The molecule has 26 heavy (non-hydrogen) atoms. The van der Waals surface area contributed by atoms with Crippen LogP contribution in [0.3, 0.4) is 0 Å². The summed E-state index contributed by atoms with van der Waals surface area (Å²) in [7, 11) is 0. The molecule has 5 nitrogen and oxygen atoms in total. The van der Waals surface area contributed by atoms with Gasteiger partial charge in [-0.1, -0.05) is 36.4 Å². The van der Waals surface area contributed by atoms with Crippen molar-refractivity contribution >= 4 is 17.6 Å². The van der Waals surface area contributed by atoms with Gasteiger partial charge in [0.2, 0.25) is 0 Å². The lowest BCUT2D eigenvalue weighted by Crippen LogP contribution is -2.36. The number of hydrogen-bond acceptors (Lipinski definition) is 4. The predicted octanol–water partition coefficient (Wildman–Crippen LogP) is 3.17. The minimum atomic E-state index is -0.580. The fourth-order valence-electron chi connectivity index (χ4n) is 2.45. The number of halogens is 1. The van der Waals surface area contributed by atoms with E-state index in [4.69, 9.17) is 10.00 Å². The van der Waals surface area contributed by atoms with Crippen molar-refractivity contribution in [2.75, 3.05) is 18.1 Å². The standard InChI is InChI=1S/C20H19FN2O3/c1-15-7-2-3-8-16(15)13-20(25)26-14-19(24)23(12-6-11-22)18-10-5-4-9-17(18)21/h2-5,7-10H,6,12-14H2,1H3. The van der Waals surface area contributed by atoms with Crippen molar-refractivity contribution in [1.29, 1.82) is 5.26 Å². The highest BCUT2D eigenvalue weighted by Gasteiger charge is 2.20. The zero-order chi connectivity index (χ0) is 18.9. The average Bonchev–Trinajstić information content (AvgIpc) is 2.63. The van der Waals surface area contributed by atoms with Gasteiger partial charge in [-0.3, -0.25) is 9.59 Å². The van der Waals surface area contributed by atoms with Crippen molar-refractivity contribution in [1.82, 2.24) is 0 Å². The first-order chi connectivity index (χ1) is 12.5. The molecule has 0 aliphatic rings. The minimum Gasteiger partial charge on any atom is -0.455 e. The highest BCUT2D eigenvalue weighted by molar-refractivity contribution is 5.95. The number of amides is 1. The first-order valence-electron chi connectivity index (χ1n) is 8.15. The van der Waals surface area contributed by atoms with Crippen molar-refractivity contribution in [3.8, 4) is 6.07 Å². The van der Waals surface area contributed by atoms with Gasteiger partial charge in [-0.25, -0.2) is 4.39 Å². The molecule has 0 spiro atoms. The van der Waals surface area contributed by atoms with Gasteiger partial charge < -0.3 is 9.64 Å². The van der Waals surface area contributed by atoms with Gasteiger partial charge in [0.15, 0.2) is 6.61 Å². The third kappa shape index (κ3) is 5.15. The average molecular weight is 354 g/mol. The number of para-hydroxylation sites is 1. The number of nitrogens with zero attached hydrogens (tertiary/aromatic N) is 2. The molecule has 0 radical (unpaired) electrons. The van der Waals surface area contributed by atoms with E-state index in [-0.39, 0.29) is 25.1 Å². The number of rotatable bonds is 7. The van der Waals surface area contributed by atoms with E-state index in [1.165, 1.54) is 18.2 Å². The lowest BCUT2D eigenvalue weighted by atomic mass is 10.1. The predicted molar refractivity (Wildman–Crippen MR) is 94.8 cm³/mol. The Bertz CT molecular complexity index is 830. The number of anilines is 1. The molecule has 0 aliphatic heterocycles. The maximum Gasteiger partial charge on any atom is 0.310 e. The molecule has 1 amide bonds. The minimum absolute atomic E-state index is 0.0195. The van der Waals surface area contributed by atoms with Crippen LogP contribution in [0.1, 0.15) is 17.5 Å². The van der Waals surface area contributed by atoms with Crippen LogP contribution in [0.25, 0.3) is 0 Å². The molecule has 134 valence electrons. The van der Waals surface area contributed by atoms with Gasteiger partial charge in [-0.2, -0.15) is 5.26 Å². The molecule has 0 bridgehead atoms. The summed E-state index contributed by atoms with van der Waals surface area (Å²) in [5.74, 6) is -1.70. The number of benzene rings is 2. The van der Waals surface area contributed by atoms with Crippen molar-refractivity contribution in [2.45, 2.75) is 19.8 Å². The molecule has 0 heterocycles. The molecule has 0 aromatic heterocycles. The summed E-state index contributed by atoms with van der Waals surface area (Å²) in [6.07, 6.45) is 0.0923. The van der Waals surface area contributed by atoms with Crippen LogP contribution in [0.15, 0.2) is 48.5 Å². The third-order valence-electron chi connectivity index (χ3n) is 3.84. The van der Waals surface area contributed by atoms with E-state index in [2.05, 4.69) is 0 Å². The Morgan fingerprint density at radius 1 is 1.15 bits per heavy atom. The molecule has 0 N–H and O–H groups in total. The molecule has 6 heteroatoms. The number of carbonyl (C=O) groups excluding carboxylic acids is 2. The fraction of sp³-hybridized carbons (Fsp3) is 0.250. The summed E-state index contributed by atoms with van der Waals surface area (Å²) in [4.78, 5) is 25.5. The largest absolute Gasteiger partial charge is 0.455 e. The zero-order valence-electron chi connectivity index (χ0n) is 14.4. The van der Waals surface area contributed by atoms with Gasteiger partial charge in [0.05, 0.1) is 24.6 Å². The van der Waals surface area contributed by atoms with Gasteiger partial charge in [-0.05, 0) is 30.2 Å². The van der Waals surface area contributed by atoms with Gasteiger partial charge in [-0.15, -0.1) is 0 Å². The summed E-state index contributed by atoms with van der Waals surface area (Å²) >= 11 is 0. The van der Waals surface area contributed by atoms with E-state index in [1.54, 1.807) is 6.07 Å². The Morgan fingerprint density at radius 3 is 2.54 bits per heavy atom. The van der Waals surface area contributed by atoms with E-state index in [1.807, 2.05) is 37.3 Å². The molecule has 0 fully saturated rings. The first-order valence-corrected chi connectivity index (χ1v) is 8.15. The number of esters is 1. The molecule has 0 atom stereocenters. The number of aryl methyl sites for hydroxylation is 1. The number of ether oxygens (including phenoxy) is 1. The molecular weight excluding hydrogens is 335 g/mol. The normalized spacial score (nSPS) is 10.0. The summed E-state index contributed by atoms with van der Waals surface area (Å²) < 4.78 is 19.0. The SMILES string of the molecule is Cc1ccccc1CC(=O)OCC(=O)N(CCC#N)c1ccccc1F. The van der Waals surface area contributed by atoms with E-state index in [9.17, 15) is 14.0 Å². The van der Waals surface area contributed by atoms with Crippen LogP contribution in [0.2, 0.25) is 0 Å². The molecule has 2 aromatic carbocycles. The third-order valence-corrected chi connectivity index (χ3v) is 3.84. The lowest BCUT2D eigenvalue weighted by molar-refractivity contribution is -0.147. The zero-order valence-corrected chi connectivity index (χ0v) is 14.4. The molecule has 0 unspecified atom stereocenters. The second-order valence-electron chi connectivity index (χ2n) is 5.67. The van der Waals surface area contributed by atoms with Crippen LogP contribution in [0, 0.1) is 24.1 Å². The quantitative estimate of drug-likeness (QED) is 0.716. The molecule has 2 rings (SSSR count). The fourth-order valence-corrected chi connectivity index (χ4v) is 2.45. The topological polar surface area (TPSA) is 70.4 Å². The maximum atomic E-state index is 14.0. The first kappa shape index (κ1) is 19.1. The molecule has 2 aromatic rings. The Balaban J connectivity index is 2.01. The molecule has 0 aliphatic carbocycles. The van der Waals surface area contributed by atoms with Crippen LogP contribution in [0.4, 0.5) is 10.1 Å². The van der Waals surface area contributed by atoms with Crippen molar-refractivity contribution in [3.63, 3.8) is 0 Å². The van der Waals surface area contributed by atoms with Crippen molar-refractivity contribution < 1.29 is 18.7 Å². The Kier molecular flexibility index (Phi) is 6.86. The molecular formula is C20H19FN2O3. The van der Waals surface area contributed by atoms with Crippen molar-refractivity contribution in [2.24, 2.45) is 0 Å². The summed E-state index contributed by atoms with van der Waals surface area (Å²) in [5.41, 5.74) is 1.83. The molecule has 0 saturated heterocycles. The number of hydrogen-bond donors (Lipinski definition) is 0. The van der Waals surface area contributed by atoms with E-state index in [0.717, 1.165) is 16.0 Å². The van der Waals surface area contributed by atoms with E-state index < -0.39 is 24.3 Å². The second-order valence-corrected chi connectivity index (χ2v) is 5.67. The van der Waals surface area contributed by atoms with Crippen molar-refractivity contribution in [3.05, 3.63) is 65.5 Å². The Hall–Kier alpha value is -3.20. The summed E-state index contributed by atoms with van der Waals surface area (Å²) in [6, 6.07) is 15.1. The Labute approximate surface area is 151 Å². The molecule has 0 saturated carbocycles. The monoisotopic (exact) mass is 354 g/mol. The summed E-state index contributed by atoms with van der Waals surface area (Å²) in [5, 5.41) is 8.75. The lowest BCUT2D eigenvalue weighted by Gasteiger charge is -2.22. The van der Waals surface area contributed by atoms with Crippen LogP contribution >= 0.6 is 0 Å². The van der Waals surface area contributed by atoms with E-state index >= 15 is 0 Å². The number of carbonyl (C=O) groups is 2.